The van der Waals surface area contributed by atoms with Crippen molar-refractivity contribution in [3.8, 4) is 11.5 Å². The zero-order chi connectivity index (χ0) is 24.9. The van der Waals surface area contributed by atoms with E-state index in [2.05, 4.69) is 15.9 Å². The Balaban J connectivity index is 1.49. The fraction of sp³-hybridized carbons (Fsp3) is 0.292. The highest BCUT2D eigenvalue weighted by molar-refractivity contribution is 9.10. The first kappa shape index (κ1) is 25.6. The number of hydrogen-bond donors (Lipinski definition) is 0. The lowest BCUT2D eigenvalue weighted by atomic mass is 10.1. The first-order chi connectivity index (χ1) is 16.9. The van der Waals surface area contributed by atoms with Crippen LogP contribution in [0.4, 0.5) is 4.79 Å². The smallest absolute Gasteiger partial charge is 0.294 e. The second-order valence-corrected chi connectivity index (χ2v) is 9.92. The highest BCUT2D eigenvalue weighted by atomic mass is 79.9. The summed E-state index contributed by atoms with van der Waals surface area (Å²) in [5.74, 6) is 0.153. The van der Waals surface area contributed by atoms with Crippen LogP contribution in [0.2, 0.25) is 5.02 Å². The van der Waals surface area contributed by atoms with E-state index in [4.69, 9.17) is 25.8 Å². The van der Waals surface area contributed by atoms with Crippen molar-refractivity contribution >= 4 is 62.4 Å². The fourth-order valence-electron chi connectivity index (χ4n) is 3.53. The third-order valence-corrected chi connectivity index (χ3v) is 7.40. The molecule has 2 aliphatic heterocycles. The molecule has 0 radical (unpaired) electrons. The lowest BCUT2D eigenvalue weighted by Crippen LogP contribution is -2.46. The summed E-state index contributed by atoms with van der Waals surface area (Å²) in [6.07, 6.45) is 1.59. The van der Waals surface area contributed by atoms with Crippen LogP contribution in [0.5, 0.6) is 11.5 Å². The number of thioether (sulfide) groups is 1. The number of morpholine rings is 1. The molecule has 0 N–H and O–H groups in total. The van der Waals surface area contributed by atoms with Gasteiger partial charge in [0, 0.05) is 28.1 Å². The number of carbonyl (C=O) groups excluding carboxylic acids is 3. The molecule has 0 unspecified atom stereocenters. The van der Waals surface area contributed by atoms with Gasteiger partial charge in [0.2, 0.25) is 5.91 Å². The second-order valence-electron chi connectivity index (χ2n) is 7.67. The molecule has 2 heterocycles. The molecule has 0 spiro atoms. The van der Waals surface area contributed by atoms with Crippen molar-refractivity contribution in [3.05, 3.63) is 61.9 Å². The van der Waals surface area contributed by atoms with Crippen LogP contribution < -0.4 is 9.47 Å². The highest BCUT2D eigenvalue weighted by Crippen LogP contribution is 2.38. The van der Waals surface area contributed by atoms with Crippen molar-refractivity contribution in [2.45, 2.75) is 6.61 Å². The predicted molar refractivity (Wildman–Crippen MR) is 137 cm³/mol. The minimum atomic E-state index is -0.508. The van der Waals surface area contributed by atoms with Crippen LogP contribution in [0.3, 0.4) is 0 Å². The molecule has 11 heteroatoms. The summed E-state index contributed by atoms with van der Waals surface area (Å²) in [6.45, 7) is 1.74. The highest BCUT2D eigenvalue weighted by Gasteiger charge is 2.37. The van der Waals surface area contributed by atoms with E-state index < -0.39 is 11.1 Å². The van der Waals surface area contributed by atoms with Crippen molar-refractivity contribution in [1.29, 1.82) is 0 Å². The number of amides is 3. The molecule has 2 aromatic rings. The van der Waals surface area contributed by atoms with Gasteiger partial charge in [0.25, 0.3) is 11.1 Å². The van der Waals surface area contributed by atoms with Crippen LogP contribution in [-0.2, 0) is 20.9 Å². The molecular weight excluding hydrogens is 560 g/mol. The van der Waals surface area contributed by atoms with Crippen LogP contribution in [0.1, 0.15) is 11.1 Å². The van der Waals surface area contributed by atoms with Crippen molar-refractivity contribution in [1.82, 2.24) is 9.80 Å². The average Bonchev–Trinajstić information content (AvgIpc) is 3.12. The van der Waals surface area contributed by atoms with Gasteiger partial charge >= 0.3 is 0 Å². The van der Waals surface area contributed by atoms with Gasteiger partial charge < -0.3 is 19.1 Å². The molecule has 35 heavy (non-hydrogen) atoms. The van der Waals surface area contributed by atoms with E-state index in [-0.39, 0.29) is 24.0 Å². The van der Waals surface area contributed by atoms with E-state index in [1.54, 1.807) is 29.2 Å². The van der Waals surface area contributed by atoms with Crippen molar-refractivity contribution in [3.63, 3.8) is 0 Å². The van der Waals surface area contributed by atoms with Gasteiger partial charge in [-0.1, -0.05) is 45.7 Å². The summed E-state index contributed by atoms with van der Waals surface area (Å²) in [5.41, 5.74) is 1.45. The van der Waals surface area contributed by atoms with Crippen LogP contribution in [0.25, 0.3) is 6.08 Å². The number of halogens is 2. The Morgan fingerprint density at radius 3 is 2.66 bits per heavy atom. The van der Waals surface area contributed by atoms with Gasteiger partial charge in [0.15, 0.2) is 11.5 Å². The Hall–Kier alpha value is -2.53. The third-order valence-electron chi connectivity index (χ3n) is 5.44. The fourth-order valence-corrected chi connectivity index (χ4v) is 4.99. The molecular formula is C24H22BrClN2O6S. The van der Waals surface area contributed by atoms with Crippen molar-refractivity contribution in [2.24, 2.45) is 0 Å². The Morgan fingerprint density at radius 2 is 1.94 bits per heavy atom. The number of methoxy groups -OCH3 is 1. The van der Waals surface area contributed by atoms with Crippen LogP contribution in [0, 0.1) is 0 Å². The van der Waals surface area contributed by atoms with E-state index in [1.807, 2.05) is 18.2 Å². The summed E-state index contributed by atoms with van der Waals surface area (Å²) in [5, 5.41) is 0.121. The summed E-state index contributed by atoms with van der Waals surface area (Å²) >= 11 is 10.5. The van der Waals surface area contributed by atoms with E-state index in [0.29, 0.717) is 52.9 Å². The van der Waals surface area contributed by atoms with Crippen LogP contribution in [0.15, 0.2) is 45.8 Å². The molecule has 2 aliphatic rings. The van der Waals surface area contributed by atoms with Crippen molar-refractivity contribution in [2.75, 3.05) is 40.0 Å². The largest absolute Gasteiger partial charge is 0.493 e. The molecule has 2 fully saturated rings. The quantitative estimate of drug-likeness (QED) is 0.443. The van der Waals surface area contributed by atoms with Gasteiger partial charge in [-0.15, -0.1) is 0 Å². The number of ether oxygens (including phenoxy) is 3. The predicted octanol–water partition coefficient (Wildman–Crippen LogP) is 4.59. The molecule has 0 bridgehead atoms. The third kappa shape index (κ3) is 6.00. The number of nitrogens with zero attached hydrogens (tertiary/aromatic N) is 2. The van der Waals surface area contributed by atoms with E-state index in [0.717, 1.165) is 22.2 Å². The summed E-state index contributed by atoms with van der Waals surface area (Å²) < 4.78 is 17.3. The molecule has 2 aromatic carbocycles. The standard InChI is InChI=1S/C24H22BrClN2O6S/c1-32-19-10-16(17(25)12-20(19)34-14-15-4-2-3-5-18(15)26)11-21-23(30)28(24(31)35-21)13-22(29)27-6-8-33-9-7-27/h2-5,10-12H,6-9,13-14H2,1H3/b21-11+. The molecule has 4 rings (SSSR count). The monoisotopic (exact) mass is 580 g/mol. The first-order valence-electron chi connectivity index (χ1n) is 10.7. The molecule has 3 amide bonds. The number of imide groups is 1. The molecule has 2 saturated heterocycles. The van der Waals surface area contributed by atoms with Gasteiger partial charge in [-0.05, 0) is 41.6 Å². The maximum absolute atomic E-state index is 12.9. The van der Waals surface area contributed by atoms with E-state index in [9.17, 15) is 14.4 Å². The molecule has 8 nitrogen and oxygen atoms in total. The maximum atomic E-state index is 12.9. The second kappa shape index (κ2) is 11.5. The number of hydrogen-bond acceptors (Lipinski definition) is 7. The molecule has 184 valence electrons. The minimum Gasteiger partial charge on any atom is -0.493 e. The lowest BCUT2D eigenvalue weighted by molar-refractivity contribution is -0.139. The summed E-state index contributed by atoms with van der Waals surface area (Å²) in [6, 6.07) is 10.8. The van der Waals surface area contributed by atoms with Crippen molar-refractivity contribution < 1.29 is 28.6 Å². The van der Waals surface area contributed by atoms with Gasteiger partial charge in [0.1, 0.15) is 13.2 Å². The lowest BCUT2D eigenvalue weighted by Gasteiger charge is -2.28. The molecule has 0 saturated carbocycles. The Morgan fingerprint density at radius 1 is 1.20 bits per heavy atom. The SMILES string of the molecule is COc1cc(/C=C2/SC(=O)N(CC(=O)N3CCOCC3)C2=O)c(Br)cc1OCc1ccccc1Cl. The van der Waals surface area contributed by atoms with Gasteiger partial charge in [-0.25, -0.2) is 0 Å². The Bertz CT molecular complexity index is 1180. The average molecular weight is 582 g/mol. The number of rotatable bonds is 7. The van der Waals surface area contributed by atoms with E-state index in [1.165, 1.54) is 7.11 Å². The topological polar surface area (TPSA) is 85.4 Å². The van der Waals surface area contributed by atoms with E-state index >= 15 is 0 Å². The van der Waals surface area contributed by atoms with Crippen LogP contribution >= 0.6 is 39.3 Å². The Kier molecular flexibility index (Phi) is 8.38. The number of carbonyl (C=O) groups is 3. The normalized spacial score (nSPS) is 17.3. The van der Waals surface area contributed by atoms with Gasteiger partial charge in [-0.2, -0.15) is 0 Å². The summed E-state index contributed by atoms with van der Waals surface area (Å²) in [4.78, 5) is 40.7. The molecule has 0 aliphatic carbocycles. The maximum Gasteiger partial charge on any atom is 0.294 e. The van der Waals surface area contributed by atoms with Gasteiger partial charge in [0.05, 0.1) is 25.2 Å². The molecule has 0 atom stereocenters. The minimum absolute atomic E-state index is 0.220. The number of benzene rings is 2. The Labute approximate surface area is 220 Å². The first-order valence-corrected chi connectivity index (χ1v) is 12.7. The zero-order valence-corrected chi connectivity index (χ0v) is 22.0. The molecule has 0 aromatic heterocycles. The van der Waals surface area contributed by atoms with Gasteiger partial charge in [-0.3, -0.25) is 19.3 Å². The summed E-state index contributed by atoms with van der Waals surface area (Å²) in [7, 11) is 1.51. The van der Waals surface area contributed by atoms with Crippen LogP contribution in [-0.4, -0.2) is 66.8 Å². The zero-order valence-electron chi connectivity index (χ0n) is 18.8.